The number of hydrogen-bond donors (Lipinski definition) is 0. The summed E-state index contributed by atoms with van der Waals surface area (Å²) in [5, 5.41) is 0. The van der Waals surface area contributed by atoms with Gasteiger partial charge in [0.15, 0.2) is 0 Å². The normalized spacial score (nSPS) is 18.6. The molecule has 2 unspecified atom stereocenters. The molecule has 1 aliphatic heterocycles. The van der Waals surface area contributed by atoms with E-state index < -0.39 is 18.4 Å². The maximum atomic E-state index is 6.55. The SMILES string of the molecule is CCCCCCCCC(/C=[CH]/[Sn]([CH2]CCC)([CH2]CCC)[CH2]CCC)OC1CCCCO1. The molecule has 0 aromatic heterocycles. The van der Waals surface area contributed by atoms with Crippen molar-refractivity contribution in [1.82, 2.24) is 0 Å². The van der Waals surface area contributed by atoms with Crippen molar-refractivity contribution in [1.29, 1.82) is 0 Å². The van der Waals surface area contributed by atoms with Gasteiger partial charge in [-0.1, -0.05) is 0 Å². The fourth-order valence-corrected chi connectivity index (χ4v) is 19.3. The Hall–Kier alpha value is 0.459. The Morgan fingerprint density at radius 1 is 0.774 bits per heavy atom. The molecule has 2 nitrogen and oxygen atoms in total. The average molecular weight is 543 g/mol. The molecule has 1 saturated heterocycles. The van der Waals surface area contributed by atoms with Crippen molar-refractivity contribution < 1.29 is 9.47 Å². The van der Waals surface area contributed by atoms with E-state index in [4.69, 9.17) is 9.47 Å². The molecular weight excluding hydrogens is 487 g/mol. The third kappa shape index (κ3) is 14.4. The van der Waals surface area contributed by atoms with E-state index in [9.17, 15) is 0 Å². The van der Waals surface area contributed by atoms with Gasteiger partial charge in [-0.3, -0.25) is 0 Å². The Kier molecular flexibility index (Phi) is 18.9. The summed E-state index contributed by atoms with van der Waals surface area (Å²) in [6.45, 7) is 10.3. The van der Waals surface area contributed by atoms with Crippen LogP contribution in [0.4, 0.5) is 0 Å². The summed E-state index contributed by atoms with van der Waals surface area (Å²) in [7, 11) is 0. The van der Waals surface area contributed by atoms with Crippen LogP contribution in [0.2, 0.25) is 13.3 Å². The van der Waals surface area contributed by atoms with Crippen LogP contribution in [0, 0.1) is 0 Å². The molecule has 1 aliphatic rings. The fraction of sp³-hybridized carbons (Fsp3) is 0.929. The Morgan fingerprint density at radius 3 is 1.90 bits per heavy atom. The second-order valence-electron chi connectivity index (χ2n) is 10.1. The molecule has 0 spiro atoms. The Bertz CT molecular complexity index is 395. The van der Waals surface area contributed by atoms with Crippen LogP contribution in [-0.4, -0.2) is 37.4 Å². The van der Waals surface area contributed by atoms with Crippen molar-refractivity contribution >= 4 is 18.4 Å². The van der Waals surface area contributed by atoms with E-state index in [1.165, 1.54) is 96.3 Å². The first-order valence-corrected chi connectivity index (χ1v) is 21.9. The first-order valence-electron chi connectivity index (χ1n) is 14.2. The summed E-state index contributed by atoms with van der Waals surface area (Å²) in [4.78, 5) is 0. The van der Waals surface area contributed by atoms with Gasteiger partial charge >= 0.3 is 201 Å². The molecule has 184 valence electrons. The van der Waals surface area contributed by atoms with Crippen molar-refractivity contribution in [3.05, 3.63) is 10.2 Å². The number of hydrogen-bond acceptors (Lipinski definition) is 2. The van der Waals surface area contributed by atoms with Gasteiger partial charge in [0.2, 0.25) is 0 Å². The summed E-state index contributed by atoms with van der Waals surface area (Å²) in [6, 6.07) is 0. The summed E-state index contributed by atoms with van der Waals surface area (Å²) < 4.78 is 20.0. The van der Waals surface area contributed by atoms with Gasteiger partial charge in [0.25, 0.3) is 0 Å². The number of ether oxygens (including phenoxy) is 2. The topological polar surface area (TPSA) is 18.5 Å². The number of unbranched alkanes of at least 4 members (excludes halogenated alkanes) is 8. The molecule has 1 rings (SSSR count). The van der Waals surface area contributed by atoms with Crippen LogP contribution in [-0.2, 0) is 9.47 Å². The van der Waals surface area contributed by atoms with E-state index >= 15 is 0 Å². The van der Waals surface area contributed by atoms with Crippen molar-refractivity contribution in [3.63, 3.8) is 0 Å². The molecule has 0 aliphatic carbocycles. The molecule has 0 radical (unpaired) electrons. The van der Waals surface area contributed by atoms with Crippen LogP contribution >= 0.6 is 0 Å². The van der Waals surface area contributed by atoms with E-state index in [1.54, 1.807) is 13.3 Å². The van der Waals surface area contributed by atoms with Crippen LogP contribution in [0.15, 0.2) is 10.2 Å². The average Bonchev–Trinajstić information content (AvgIpc) is 2.80. The van der Waals surface area contributed by atoms with Crippen LogP contribution < -0.4 is 0 Å². The molecule has 0 bridgehead atoms. The molecule has 31 heavy (non-hydrogen) atoms. The van der Waals surface area contributed by atoms with E-state index in [0.717, 1.165) is 13.0 Å². The molecule has 1 heterocycles. The predicted molar refractivity (Wildman–Crippen MR) is 140 cm³/mol. The number of rotatable bonds is 20. The van der Waals surface area contributed by atoms with Crippen LogP contribution in [0.25, 0.3) is 0 Å². The van der Waals surface area contributed by atoms with Crippen molar-refractivity contribution in [3.8, 4) is 0 Å². The molecule has 0 N–H and O–H groups in total. The van der Waals surface area contributed by atoms with Crippen LogP contribution in [0.1, 0.15) is 130 Å². The summed E-state index contributed by atoms with van der Waals surface area (Å²) >= 11 is -2.24. The zero-order valence-corrected chi connectivity index (χ0v) is 24.6. The minimum absolute atomic E-state index is 0.0371. The predicted octanol–water partition coefficient (Wildman–Crippen LogP) is 9.59. The van der Waals surface area contributed by atoms with Gasteiger partial charge in [-0.2, -0.15) is 0 Å². The summed E-state index contributed by atoms with van der Waals surface area (Å²) in [5.74, 6) is 0. The quantitative estimate of drug-likeness (QED) is 0.112. The van der Waals surface area contributed by atoms with Gasteiger partial charge in [-0.25, -0.2) is 0 Å². The van der Waals surface area contributed by atoms with Crippen molar-refractivity contribution in [2.45, 2.75) is 156 Å². The van der Waals surface area contributed by atoms with Crippen LogP contribution in [0.5, 0.6) is 0 Å². The first-order chi connectivity index (χ1) is 15.2. The Morgan fingerprint density at radius 2 is 1.35 bits per heavy atom. The van der Waals surface area contributed by atoms with E-state index in [-0.39, 0.29) is 12.4 Å². The van der Waals surface area contributed by atoms with Crippen molar-refractivity contribution in [2.75, 3.05) is 6.61 Å². The van der Waals surface area contributed by atoms with Gasteiger partial charge in [0.1, 0.15) is 0 Å². The van der Waals surface area contributed by atoms with E-state index in [1.807, 2.05) is 0 Å². The Labute approximate surface area is 200 Å². The summed E-state index contributed by atoms with van der Waals surface area (Å²) in [6.07, 6.45) is 24.1. The molecule has 0 amide bonds. The Balaban J connectivity index is 2.80. The maximum absolute atomic E-state index is 6.55. The first kappa shape index (κ1) is 29.5. The van der Waals surface area contributed by atoms with Gasteiger partial charge < -0.3 is 0 Å². The molecule has 2 atom stereocenters. The second kappa shape index (κ2) is 19.9. The van der Waals surface area contributed by atoms with E-state index in [2.05, 4.69) is 37.9 Å². The second-order valence-corrected chi connectivity index (χ2v) is 23.1. The minimum atomic E-state index is -2.24. The molecule has 1 fully saturated rings. The van der Waals surface area contributed by atoms with Gasteiger partial charge in [-0.15, -0.1) is 0 Å². The third-order valence-corrected chi connectivity index (χ3v) is 21.2. The molecule has 3 heteroatoms. The zero-order chi connectivity index (χ0) is 22.6. The molecular formula is C28H56O2Sn. The fourth-order valence-electron chi connectivity index (χ4n) is 4.87. The molecule has 0 aromatic carbocycles. The zero-order valence-electron chi connectivity index (χ0n) is 21.8. The monoisotopic (exact) mass is 544 g/mol. The summed E-state index contributed by atoms with van der Waals surface area (Å²) in [5.41, 5.74) is 0. The van der Waals surface area contributed by atoms with Gasteiger partial charge in [0.05, 0.1) is 0 Å². The molecule has 0 aromatic rings. The van der Waals surface area contributed by atoms with E-state index in [0.29, 0.717) is 0 Å². The third-order valence-electron chi connectivity index (χ3n) is 7.06. The van der Waals surface area contributed by atoms with Crippen molar-refractivity contribution in [2.24, 2.45) is 0 Å². The standard InChI is InChI=1S/C16H29O2.3C4H9.Sn/c1-3-5-6-7-8-9-12-15(4-2)18-16-13-10-11-14-17-16;3*1-3-4-2;/h2,4,15-16H,3,5-14H2,1H3;3*1,3-4H2,2H3;. The van der Waals surface area contributed by atoms with Gasteiger partial charge in [0, 0.05) is 0 Å². The molecule has 0 saturated carbocycles. The van der Waals surface area contributed by atoms with Crippen LogP contribution in [0.3, 0.4) is 0 Å². The van der Waals surface area contributed by atoms with Gasteiger partial charge in [-0.05, 0) is 0 Å².